The van der Waals surface area contributed by atoms with Crippen molar-refractivity contribution < 1.29 is 18.7 Å². The Morgan fingerprint density at radius 3 is 2.88 bits per heavy atom. The molecular weight excluding hydrogens is 336 g/mol. The standard InChI is InChI=1S/C16H15ClN2O5/c17-13-5-2-1-4-11(13)9-22-10-12(20)8-19-16(21)24-15(18-19)14-6-3-7-23-14/h1-7,12,20H,8-10H2/t12-/m0/s1. The summed E-state index contributed by atoms with van der Waals surface area (Å²) in [4.78, 5) is 11.7. The van der Waals surface area contributed by atoms with Crippen molar-refractivity contribution in [1.82, 2.24) is 9.78 Å². The summed E-state index contributed by atoms with van der Waals surface area (Å²) < 4.78 is 16.5. The number of hydrogen-bond donors (Lipinski definition) is 1. The molecule has 0 aliphatic heterocycles. The van der Waals surface area contributed by atoms with Gasteiger partial charge in [0.25, 0.3) is 5.89 Å². The molecule has 7 nitrogen and oxygen atoms in total. The lowest BCUT2D eigenvalue weighted by atomic mass is 10.2. The topological polar surface area (TPSA) is 90.6 Å². The third-order valence-electron chi connectivity index (χ3n) is 3.25. The van der Waals surface area contributed by atoms with Gasteiger partial charge < -0.3 is 18.7 Å². The number of aromatic nitrogens is 2. The van der Waals surface area contributed by atoms with Crippen LogP contribution in [-0.2, 0) is 17.9 Å². The second-order valence-corrected chi connectivity index (χ2v) is 5.50. The summed E-state index contributed by atoms with van der Waals surface area (Å²) in [5, 5.41) is 14.6. The Hall–Kier alpha value is -2.35. The SMILES string of the molecule is O=c1oc(-c2ccco2)nn1C[C@H](O)COCc1ccccc1Cl. The highest BCUT2D eigenvalue weighted by atomic mass is 35.5. The molecule has 0 fully saturated rings. The Balaban J connectivity index is 1.55. The van der Waals surface area contributed by atoms with Gasteiger partial charge in [-0.1, -0.05) is 29.8 Å². The average molecular weight is 351 g/mol. The summed E-state index contributed by atoms with van der Waals surface area (Å²) in [7, 11) is 0. The summed E-state index contributed by atoms with van der Waals surface area (Å²) in [6.07, 6.45) is 0.533. The highest BCUT2D eigenvalue weighted by Crippen LogP contribution is 2.16. The van der Waals surface area contributed by atoms with E-state index in [1.54, 1.807) is 18.2 Å². The molecule has 0 spiro atoms. The predicted octanol–water partition coefficient (Wildman–Crippen LogP) is 2.33. The molecule has 0 aliphatic carbocycles. The van der Waals surface area contributed by atoms with Gasteiger partial charge in [0.1, 0.15) is 0 Å². The van der Waals surface area contributed by atoms with Gasteiger partial charge in [0, 0.05) is 5.02 Å². The molecule has 2 aromatic heterocycles. The zero-order valence-electron chi connectivity index (χ0n) is 12.6. The van der Waals surface area contributed by atoms with E-state index in [0.29, 0.717) is 10.8 Å². The third-order valence-corrected chi connectivity index (χ3v) is 3.62. The molecule has 3 rings (SSSR count). The number of furan rings is 1. The van der Waals surface area contributed by atoms with Crippen LogP contribution in [0.4, 0.5) is 0 Å². The number of benzene rings is 1. The van der Waals surface area contributed by atoms with E-state index in [4.69, 9.17) is 25.2 Å². The van der Waals surface area contributed by atoms with Gasteiger partial charge >= 0.3 is 5.76 Å². The van der Waals surface area contributed by atoms with Crippen molar-refractivity contribution in [2.75, 3.05) is 6.61 Å². The van der Waals surface area contributed by atoms with Crippen LogP contribution in [0.15, 0.2) is 56.3 Å². The van der Waals surface area contributed by atoms with Gasteiger partial charge in [-0.3, -0.25) is 0 Å². The van der Waals surface area contributed by atoms with E-state index < -0.39 is 11.9 Å². The van der Waals surface area contributed by atoms with E-state index in [0.717, 1.165) is 10.2 Å². The number of halogens is 1. The number of aliphatic hydroxyl groups is 1. The van der Waals surface area contributed by atoms with E-state index in [1.807, 2.05) is 18.2 Å². The Kier molecular flexibility index (Phi) is 5.14. The van der Waals surface area contributed by atoms with Crippen molar-refractivity contribution >= 4 is 11.6 Å². The van der Waals surface area contributed by atoms with Gasteiger partial charge in [-0.2, -0.15) is 4.68 Å². The number of hydrogen-bond acceptors (Lipinski definition) is 6. The average Bonchev–Trinajstić information content (AvgIpc) is 3.20. The summed E-state index contributed by atoms with van der Waals surface area (Å²) in [6.45, 7) is 0.244. The summed E-state index contributed by atoms with van der Waals surface area (Å²) in [5.74, 6) is -0.268. The molecule has 1 N–H and O–H groups in total. The maximum Gasteiger partial charge on any atom is 0.437 e. The minimum Gasteiger partial charge on any atom is -0.459 e. The Bertz CT molecular complexity index is 840. The van der Waals surface area contributed by atoms with E-state index in [-0.39, 0.29) is 25.6 Å². The Labute approximate surface area is 142 Å². The van der Waals surface area contributed by atoms with Crippen LogP contribution in [0, 0.1) is 0 Å². The van der Waals surface area contributed by atoms with E-state index in [2.05, 4.69) is 5.10 Å². The first-order valence-corrected chi connectivity index (χ1v) is 7.62. The molecule has 3 aromatic rings. The second kappa shape index (κ2) is 7.48. The zero-order valence-corrected chi connectivity index (χ0v) is 13.3. The van der Waals surface area contributed by atoms with Crippen LogP contribution in [0.5, 0.6) is 0 Å². The van der Waals surface area contributed by atoms with Gasteiger partial charge in [-0.05, 0) is 23.8 Å². The fourth-order valence-electron chi connectivity index (χ4n) is 2.09. The molecule has 2 heterocycles. The van der Waals surface area contributed by atoms with Gasteiger partial charge in [-0.15, -0.1) is 5.10 Å². The molecule has 0 aliphatic rings. The Morgan fingerprint density at radius 2 is 2.12 bits per heavy atom. The predicted molar refractivity (Wildman–Crippen MR) is 85.6 cm³/mol. The van der Waals surface area contributed by atoms with Crippen molar-refractivity contribution in [2.24, 2.45) is 0 Å². The molecule has 0 unspecified atom stereocenters. The van der Waals surface area contributed by atoms with Crippen molar-refractivity contribution in [2.45, 2.75) is 19.3 Å². The lowest BCUT2D eigenvalue weighted by Gasteiger charge is -2.11. The molecule has 1 atom stereocenters. The van der Waals surface area contributed by atoms with Crippen LogP contribution in [0.2, 0.25) is 5.02 Å². The van der Waals surface area contributed by atoms with Crippen LogP contribution >= 0.6 is 11.6 Å². The van der Waals surface area contributed by atoms with Gasteiger partial charge in [0.15, 0.2) is 5.76 Å². The molecule has 0 radical (unpaired) electrons. The molecule has 0 saturated carbocycles. The van der Waals surface area contributed by atoms with Crippen LogP contribution in [-0.4, -0.2) is 27.6 Å². The molecule has 0 amide bonds. The largest absolute Gasteiger partial charge is 0.459 e. The van der Waals surface area contributed by atoms with Crippen LogP contribution in [0.3, 0.4) is 0 Å². The smallest absolute Gasteiger partial charge is 0.437 e. The summed E-state index contributed by atoms with van der Waals surface area (Å²) >= 11 is 6.02. The maximum absolute atomic E-state index is 11.7. The molecule has 1 aromatic carbocycles. The lowest BCUT2D eigenvalue weighted by Crippen LogP contribution is -2.28. The minimum absolute atomic E-state index is 0.0284. The van der Waals surface area contributed by atoms with Crippen molar-refractivity contribution in [3.05, 3.63) is 63.8 Å². The summed E-state index contributed by atoms with van der Waals surface area (Å²) in [6, 6.07) is 10.6. The second-order valence-electron chi connectivity index (χ2n) is 5.09. The van der Waals surface area contributed by atoms with Crippen LogP contribution in [0.25, 0.3) is 11.7 Å². The van der Waals surface area contributed by atoms with Crippen molar-refractivity contribution in [3.8, 4) is 11.7 Å². The fraction of sp³-hybridized carbons (Fsp3) is 0.250. The maximum atomic E-state index is 11.7. The third kappa shape index (κ3) is 3.94. The fourth-order valence-corrected chi connectivity index (χ4v) is 2.28. The van der Waals surface area contributed by atoms with Crippen LogP contribution < -0.4 is 5.76 Å². The molecule has 0 saturated heterocycles. The quantitative estimate of drug-likeness (QED) is 0.703. The van der Waals surface area contributed by atoms with Gasteiger partial charge in [0.05, 0.1) is 32.1 Å². The first kappa shape index (κ1) is 16.5. The molecule has 0 bridgehead atoms. The molecule has 8 heteroatoms. The normalized spacial score (nSPS) is 12.4. The molecule has 24 heavy (non-hydrogen) atoms. The molecular formula is C16H15ClN2O5. The number of aliphatic hydroxyl groups excluding tert-OH is 1. The highest BCUT2D eigenvalue weighted by molar-refractivity contribution is 6.31. The Morgan fingerprint density at radius 1 is 1.29 bits per heavy atom. The number of ether oxygens (including phenoxy) is 1. The first-order chi connectivity index (χ1) is 11.6. The first-order valence-electron chi connectivity index (χ1n) is 7.24. The lowest BCUT2D eigenvalue weighted by molar-refractivity contribution is 0.0178. The van der Waals surface area contributed by atoms with E-state index in [9.17, 15) is 9.90 Å². The number of rotatable bonds is 7. The summed E-state index contributed by atoms with van der Waals surface area (Å²) in [5.41, 5.74) is 0.824. The molecule has 126 valence electrons. The van der Waals surface area contributed by atoms with Crippen LogP contribution in [0.1, 0.15) is 5.56 Å². The number of nitrogens with zero attached hydrogens (tertiary/aromatic N) is 2. The van der Waals surface area contributed by atoms with Crippen molar-refractivity contribution in [1.29, 1.82) is 0 Å². The highest BCUT2D eigenvalue weighted by Gasteiger charge is 2.15. The van der Waals surface area contributed by atoms with Gasteiger partial charge in [0.2, 0.25) is 0 Å². The zero-order chi connectivity index (χ0) is 16.9. The monoisotopic (exact) mass is 350 g/mol. The van der Waals surface area contributed by atoms with Gasteiger partial charge in [-0.25, -0.2) is 4.79 Å². The van der Waals surface area contributed by atoms with E-state index >= 15 is 0 Å². The van der Waals surface area contributed by atoms with E-state index in [1.165, 1.54) is 6.26 Å². The minimum atomic E-state index is -0.917. The van der Waals surface area contributed by atoms with Crippen molar-refractivity contribution in [3.63, 3.8) is 0 Å².